The minimum Gasteiger partial charge on any atom is -0.492 e. The first-order valence-corrected chi connectivity index (χ1v) is 8.52. The quantitative estimate of drug-likeness (QED) is 0.653. The molecule has 0 aliphatic rings. The number of aromatic nitrogens is 2. The zero-order valence-electron chi connectivity index (χ0n) is 14.0. The molecule has 3 aromatic rings. The van der Waals surface area contributed by atoms with E-state index in [2.05, 4.69) is 27.9 Å². The molecule has 0 aliphatic heterocycles. The van der Waals surface area contributed by atoms with Crippen LogP contribution in [0.1, 0.15) is 12.5 Å². The predicted octanol–water partition coefficient (Wildman–Crippen LogP) is 4.14. The van der Waals surface area contributed by atoms with Crippen LogP contribution in [0.5, 0.6) is 5.75 Å². The van der Waals surface area contributed by atoms with Crippen molar-refractivity contribution in [2.75, 3.05) is 17.2 Å². The number of nitrogens with one attached hydrogen (secondary N) is 2. The van der Waals surface area contributed by atoms with Crippen molar-refractivity contribution in [1.82, 2.24) is 9.78 Å². The molecule has 25 heavy (non-hydrogen) atoms. The molecule has 0 fully saturated rings. The first-order chi connectivity index (χ1) is 12.2. The first kappa shape index (κ1) is 17.0. The Kier molecular flexibility index (Phi) is 5.64. The summed E-state index contributed by atoms with van der Waals surface area (Å²) in [7, 11) is 0. The van der Waals surface area contributed by atoms with Crippen LogP contribution in [0.15, 0.2) is 66.9 Å². The lowest BCUT2D eigenvalue weighted by atomic mass is 10.2. The first-order valence-electron chi connectivity index (χ1n) is 8.12. The number of benzene rings is 2. The normalized spacial score (nSPS) is 10.3. The molecule has 3 rings (SSSR count). The van der Waals surface area contributed by atoms with Gasteiger partial charge in [0, 0.05) is 12.3 Å². The topological polar surface area (TPSA) is 51.1 Å². The summed E-state index contributed by atoms with van der Waals surface area (Å²) in [5, 5.41) is 11.2. The molecule has 0 saturated carbocycles. The lowest BCUT2D eigenvalue weighted by Gasteiger charge is -2.13. The molecular formula is C19H20N4OS. The van der Waals surface area contributed by atoms with Crippen molar-refractivity contribution in [2.24, 2.45) is 0 Å². The van der Waals surface area contributed by atoms with Gasteiger partial charge in [-0.05, 0) is 36.8 Å². The van der Waals surface area contributed by atoms with E-state index < -0.39 is 0 Å². The Morgan fingerprint density at radius 3 is 2.60 bits per heavy atom. The Labute approximate surface area is 152 Å². The summed E-state index contributed by atoms with van der Waals surface area (Å²) < 4.78 is 7.46. The third-order valence-corrected chi connectivity index (χ3v) is 3.71. The van der Waals surface area contributed by atoms with E-state index in [0.717, 1.165) is 18.0 Å². The van der Waals surface area contributed by atoms with E-state index in [9.17, 15) is 0 Å². The van der Waals surface area contributed by atoms with E-state index in [1.807, 2.05) is 66.3 Å². The van der Waals surface area contributed by atoms with Gasteiger partial charge in [0.05, 0.1) is 18.8 Å². The molecule has 5 nitrogen and oxygen atoms in total. The molecule has 6 heteroatoms. The highest BCUT2D eigenvalue weighted by molar-refractivity contribution is 7.80. The molecule has 2 N–H and O–H groups in total. The van der Waals surface area contributed by atoms with E-state index >= 15 is 0 Å². The van der Waals surface area contributed by atoms with Gasteiger partial charge in [-0.25, -0.2) is 0 Å². The summed E-state index contributed by atoms with van der Waals surface area (Å²) in [6, 6.07) is 19.8. The Morgan fingerprint density at radius 2 is 1.80 bits per heavy atom. The second kappa shape index (κ2) is 8.30. The zero-order valence-corrected chi connectivity index (χ0v) is 14.8. The molecule has 0 amide bonds. The molecule has 1 aromatic heterocycles. The average Bonchev–Trinajstić information content (AvgIpc) is 3.04. The van der Waals surface area contributed by atoms with Crippen molar-refractivity contribution in [3.05, 3.63) is 72.4 Å². The molecule has 0 atom stereocenters. The van der Waals surface area contributed by atoms with Crippen LogP contribution in [-0.2, 0) is 6.54 Å². The summed E-state index contributed by atoms with van der Waals surface area (Å²) in [6.45, 7) is 3.27. The second-order valence-corrected chi connectivity index (χ2v) is 5.80. The SMILES string of the molecule is CCOc1ccccc1NC(=S)Nc1ccn(Cc2ccccc2)n1. The summed E-state index contributed by atoms with van der Waals surface area (Å²) in [5.74, 6) is 1.46. The van der Waals surface area contributed by atoms with E-state index in [4.69, 9.17) is 17.0 Å². The summed E-state index contributed by atoms with van der Waals surface area (Å²) in [5.41, 5.74) is 2.02. The van der Waals surface area contributed by atoms with Gasteiger partial charge < -0.3 is 15.4 Å². The summed E-state index contributed by atoms with van der Waals surface area (Å²) in [6.07, 6.45) is 1.92. The van der Waals surface area contributed by atoms with Gasteiger partial charge >= 0.3 is 0 Å². The molecule has 128 valence electrons. The number of nitrogens with zero attached hydrogens (tertiary/aromatic N) is 2. The molecular weight excluding hydrogens is 332 g/mol. The number of hydrogen-bond donors (Lipinski definition) is 2. The van der Waals surface area contributed by atoms with Crippen molar-refractivity contribution in [3.8, 4) is 5.75 Å². The van der Waals surface area contributed by atoms with Gasteiger partial charge in [0.15, 0.2) is 10.9 Å². The smallest absolute Gasteiger partial charge is 0.176 e. The standard InChI is InChI=1S/C19H20N4OS/c1-2-24-17-11-7-6-10-16(17)20-19(25)21-18-12-13-23(22-18)14-15-8-4-3-5-9-15/h3-13H,2,14H2,1H3,(H2,20,21,22,25). The molecule has 0 aliphatic carbocycles. The van der Waals surface area contributed by atoms with Crippen LogP contribution in [0.3, 0.4) is 0 Å². The highest BCUT2D eigenvalue weighted by Gasteiger charge is 2.06. The fourth-order valence-corrected chi connectivity index (χ4v) is 2.62. The van der Waals surface area contributed by atoms with Crippen molar-refractivity contribution in [3.63, 3.8) is 0 Å². The highest BCUT2D eigenvalue weighted by atomic mass is 32.1. The number of thiocarbonyl (C=S) groups is 1. The van der Waals surface area contributed by atoms with Crippen LogP contribution in [0, 0.1) is 0 Å². The molecule has 1 heterocycles. The Morgan fingerprint density at radius 1 is 1.04 bits per heavy atom. The average molecular weight is 352 g/mol. The van der Waals surface area contributed by atoms with E-state index in [1.165, 1.54) is 5.56 Å². The second-order valence-electron chi connectivity index (χ2n) is 5.39. The highest BCUT2D eigenvalue weighted by Crippen LogP contribution is 2.23. The zero-order chi connectivity index (χ0) is 17.5. The fourth-order valence-electron chi connectivity index (χ4n) is 2.41. The minimum absolute atomic E-state index is 0.470. The van der Waals surface area contributed by atoms with Gasteiger partial charge in [-0.2, -0.15) is 5.10 Å². The van der Waals surface area contributed by atoms with Gasteiger partial charge in [0.2, 0.25) is 0 Å². The van der Waals surface area contributed by atoms with Crippen LogP contribution in [0.2, 0.25) is 0 Å². The molecule has 0 spiro atoms. The molecule has 0 saturated heterocycles. The van der Waals surface area contributed by atoms with Crippen molar-refractivity contribution in [1.29, 1.82) is 0 Å². The van der Waals surface area contributed by atoms with E-state index in [-0.39, 0.29) is 0 Å². The number of hydrogen-bond acceptors (Lipinski definition) is 3. The molecule has 0 unspecified atom stereocenters. The molecule has 0 bridgehead atoms. The van der Waals surface area contributed by atoms with Crippen molar-refractivity contribution < 1.29 is 4.74 Å². The Bertz CT molecular complexity index is 832. The van der Waals surface area contributed by atoms with Gasteiger partial charge in [-0.3, -0.25) is 4.68 Å². The monoisotopic (exact) mass is 352 g/mol. The lowest BCUT2D eigenvalue weighted by molar-refractivity contribution is 0.342. The van der Waals surface area contributed by atoms with Crippen LogP contribution < -0.4 is 15.4 Å². The fraction of sp³-hybridized carbons (Fsp3) is 0.158. The van der Waals surface area contributed by atoms with Crippen LogP contribution in [0.4, 0.5) is 11.5 Å². The summed E-state index contributed by atoms with van der Waals surface area (Å²) >= 11 is 5.37. The maximum absolute atomic E-state index is 5.59. The third-order valence-electron chi connectivity index (χ3n) is 3.50. The van der Waals surface area contributed by atoms with Crippen LogP contribution in [-0.4, -0.2) is 21.5 Å². The van der Waals surface area contributed by atoms with Gasteiger partial charge in [-0.1, -0.05) is 42.5 Å². The number of ether oxygens (including phenoxy) is 1. The molecule has 2 aromatic carbocycles. The Hall–Kier alpha value is -2.86. The van der Waals surface area contributed by atoms with E-state index in [1.54, 1.807) is 0 Å². The largest absolute Gasteiger partial charge is 0.492 e. The lowest BCUT2D eigenvalue weighted by Crippen LogP contribution is -2.20. The number of anilines is 2. The van der Waals surface area contributed by atoms with Crippen LogP contribution in [0.25, 0.3) is 0 Å². The van der Waals surface area contributed by atoms with Gasteiger partial charge in [-0.15, -0.1) is 0 Å². The molecule has 0 radical (unpaired) electrons. The maximum atomic E-state index is 5.59. The van der Waals surface area contributed by atoms with Crippen LogP contribution >= 0.6 is 12.2 Å². The minimum atomic E-state index is 0.470. The van der Waals surface area contributed by atoms with Gasteiger partial charge in [0.1, 0.15) is 5.75 Å². The Balaban J connectivity index is 1.60. The van der Waals surface area contributed by atoms with Crippen molar-refractivity contribution >= 4 is 28.8 Å². The summed E-state index contributed by atoms with van der Waals surface area (Å²) in [4.78, 5) is 0. The third kappa shape index (κ3) is 4.81. The van der Waals surface area contributed by atoms with Gasteiger partial charge in [0.25, 0.3) is 0 Å². The van der Waals surface area contributed by atoms with E-state index in [0.29, 0.717) is 17.5 Å². The number of rotatable bonds is 6. The predicted molar refractivity (Wildman–Crippen MR) is 105 cm³/mol. The van der Waals surface area contributed by atoms with Crippen molar-refractivity contribution in [2.45, 2.75) is 13.5 Å². The number of para-hydroxylation sites is 2. The maximum Gasteiger partial charge on any atom is 0.176 e.